The molecule has 0 aliphatic rings. The molecule has 0 aromatic heterocycles. The number of hydrogen-bond donors (Lipinski definition) is 1. The van der Waals surface area contributed by atoms with E-state index in [-0.39, 0.29) is 31.0 Å². The predicted molar refractivity (Wildman–Crippen MR) is 103 cm³/mol. The van der Waals surface area contributed by atoms with E-state index >= 15 is 0 Å². The van der Waals surface area contributed by atoms with Crippen molar-refractivity contribution < 1.29 is 22.3 Å². The molecule has 0 saturated carbocycles. The lowest BCUT2D eigenvalue weighted by Crippen LogP contribution is -2.32. The zero-order valence-electron chi connectivity index (χ0n) is 15.3. The van der Waals surface area contributed by atoms with Crippen LogP contribution in [-0.4, -0.2) is 34.2 Å². The first-order valence-electron chi connectivity index (χ1n) is 8.43. The van der Waals surface area contributed by atoms with Crippen LogP contribution in [-0.2, 0) is 21.4 Å². The summed E-state index contributed by atoms with van der Waals surface area (Å²) in [6.07, 6.45) is 1.40. The van der Waals surface area contributed by atoms with Crippen LogP contribution in [0.3, 0.4) is 0 Å². The van der Waals surface area contributed by atoms with Crippen LogP contribution >= 0.6 is 0 Å². The maximum atomic E-state index is 13.9. The molecule has 0 radical (unpaired) electrons. The van der Waals surface area contributed by atoms with E-state index in [0.717, 1.165) is 16.1 Å². The van der Waals surface area contributed by atoms with Crippen molar-refractivity contribution in [1.29, 1.82) is 0 Å². The molecule has 2 aromatic carbocycles. The number of ether oxygens (including phenoxy) is 1. The lowest BCUT2D eigenvalue weighted by molar-refractivity contribution is -0.121. The topological polar surface area (TPSA) is 75.7 Å². The minimum Gasteiger partial charge on any atom is -0.496 e. The smallest absolute Gasteiger partial charge is 0.232 e. The van der Waals surface area contributed by atoms with Gasteiger partial charge in [0.25, 0.3) is 0 Å². The van der Waals surface area contributed by atoms with Crippen molar-refractivity contribution in [1.82, 2.24) is 5.32 Å². The molecule has 0 fully saturated rings. The van der Waals surface area contributed by atoms with Gasteiger partial charge in [-0.15, -0.1) is 0 Å². The van der Waals surface area contributed by atoms with Gasteiger partial charge in [0.05, 0.1) is 19.1 Å². The normalized spacial score (nSPS) is 11.1. The third-order valence-electron chi connectivity index (χ3n) is 3.96. The zero-order chi connectivity index (χ0) is 19.9. The van der Waals surface area contributed by atoms with E-state index < -0.39 is 15.8 Å². The number of sulfonamides is 1. The maximum absolute atomic E-state index is 13.9. The van der Waals surface area contributed by atoms with Crippen molar-refractivity contribution in [2.45, 2.75) is 19.4 Å². The Kier molecular flexibility index (Phi) is 7.18. The van der Waals surface area contributed by atoms with Gasteiger partial charge in [-0.25, -0.2) is 12.8 Å². The Balaban J connectivity index is 1.91. The third kappa shape index (κ3) is 5.96. The number of anilines is 1. The molecule has 0 atom stereocenters. The van der Waals surface area contributed by atoms with Gasteiger partial charge >= 0.3 is 0 Å². The number of methoxy groups -OCH3 is 1. The van der Waals surface area contributed by atoms with Gasteiger partial charge in [0.1, 0.15) is 11.6 Å². The van der Waals surface area contributed by atoms with Crippen LogP contribution in [0.2, 0.25) is 0 Å². The first-order valence-corrected chi connectivity index (χ1v) is 10.3. The number of para-hydroxylation sites is 2. The van der Waals surface area contributed by atoms with Gasteiger partial charge in [-0.1, -0.05) is 30.3 Å². The number of nitrogens with one attached hydrogen (secondary N) is 1. The van der Waals surface area contributed by atoms with E-state index in [0.29, 0.717) is 12.3 Å². The van der Waals surface area contributed by atoms with Crippen molar-refractivity contribution in [3.63, 3.8) is 0 Å². The molecule has 1 N–H and O–H groups in total. The van der Waals surface area contributed by atoms with Crippen LogP contribution < -0.4 is 14.4 Å². The monoisotopic (exact) mass is 394 g/mol. The van der Waals surface area contributed by atoms with Gasteiger partial charge in [-0.2, -0.15) is 0 Å². The molecule has 0 saturated heterocycles. The van der Waals surface area contributed by atoms with Gasteiger partial charge < -0.3 is 10.1 Å². The molecule has 0 heterocycles. The molecule has 27 heavy (non-hydrogen) atoms. The molecule has 0 aliphatic heterocycles. The highest BCUT2D eigenvalue weighted by Crippen LogP contribution is 2.22. The predicted octanol–water partition coefficient (Wildman–Crippen LogP) is 2.70. The van der Waals surface area contributed by atoms with Gasteiger partial charge in [0.15, 0.2) is 0 Å². The molecule has 0 bridgehead atoms. The number of nitrogens with zero attached hydrogens (tertiary/aromatic N) is 1. The van der Waals surface area contributed by atoms with Gasteiger partial charge in [0, 0.05) is 25.1 Å². The van der Waals surface area contributed by atoms with Crippen LogP contribution in [0.4, 0.5) is 10.1 Å². The molecule has 0 spiro atoms. The van der Waals surface area contributed by atoms with E-state index in [1.807, 2.05) is 18.2 Å². The van der Waals surface area contributed by atoms with Gasteiger partial charge in [0.2, 0.25) is 15.9 Å². The minimum absolute atomic E-state index is 0.0157. The second-order valence-electron chi connectivity index (χ2n) is 5.98. The Morgan fingerprint density at radius 3 is 2.48 bits per heavy atom. The standard InChI is InChI=1S/C19H23FN2O4S/c1-26-18-11-6-3-8-15(18)14-21-19(23)12-7-13-22(27(2,24)25)17-10-5-4-9-16(17)20/h3-6,8-11H,7,12-14H2,1-2H3,(H,21,23). The Labute approximate surface area is 159 Å². The summed E-state index contributed by atoms with van der Waals surface area (Å²) >= 11 is 0. The van der Waals surface area contributed by atoms with E-state index in [1.165, 1.54) is 18.2 Å². The molecule has 0 unspecified atom stereocenters. The Morgan fingerprint density at radius 1 is 1.15 bits per heavy atom. The van der Waals surface area contributed by atoms with Crippen LogP contribution in [0.15, 0.2) is 48.5 Å². The highest BCUT2D eigenvalue weighted by atomic mass is 32.2. The number of rotatable bonds is 9. The second-order valence-corrected chi connectivity index (χ2v) is 7.89. The highest BCUT2D eigenvalue weighted by molar-refractivity contribution is 7.92. The fourth-order valence-corrected chi connectivity index (χ4v) is 3.60. The maximum Gasteiger partial charge on any atom is 0.232 e. The van der Waals surface area contributed by atoms with E-state index in [9.17, 15) is 17.6 Å². The molecule has 2 rings (SSSR count). The summed E-state index contributed by atoms with van der Waals surface area (Å²) in [5, 5.41) is 2.78. The van der Waals surface area contributed by atoms with Crippen LogP contribution in [0.25, 0.3) is 0 Å². The quantitative estimate of drug-likeness (QED) is 0.710. The lowest BCUT2D eigenvalue weighted by Gasteiger charge is -2.22. The molecular formula is C19H23FN2O4S. The number of carbonyl (C=O) groups is 1. The highest BCUT2D eigenvalue weighted by Gasteiger charge is 2.20. The Bertz CT molecular complexity index is 887. The van der Waals surface area contributed by atoms with Crippen molar-refractivity contribution >= 4 is 21.6 Å². The largest absolute Gasteiger partial charge is 0.496 e. The summed E-state index contributed by atoms with van der Waals surface area (Å²) in [6.45, 7) is 0.327. The van der Waals surface area contributed by atoms with Gasteiger partial charge in [-0.05, 0) is 24.6 Å². The Morgan fingerprint density at radius 2 is 1.81 bits per heavy atom. The average molecular weight is 394 g/mol. The van der Waals surface area contributed by atoms with Gasteiger partial charge in [-0.3, -0.25) is 9.10 Å². The summed E-state index contributed by atoms with van der Waals surface area (Å²) in [5.74, 6) is -0.160. The number of hydrogen-bond acceptors (Lipinski definition) is 4. The first kappa shape index (κ1) is 20.7. The molecule has 6 nitrogen and oxygen atoms in total. The number of carbonyl (C=O) groups excluding carboxylic acids is 1. The number of halogens is 1. The third-order valence-corrected chi connectivity index (χ3v) is 5.13. The van der Waals surface area contributed by atoms with Crippen molar-refractivity contribution in [2.24, 2.45) is 0 Å². The fraction of sp³-hybridized carbons (Fsp3) is 0.316. The zero-order valence-corrected chi connectivity index (χ0v) is 16.1. The first-order chi connectivity index (χ1) is 12.8. The second kappa shape index (κ2) is 9.36. The summed E-state index contributed by atoms with van der Waals surface area (Å²) in [7, 11) is -2.10. The van der Waals surface area contributed by atoms with Crippen molar-refractivity contribution in [3.8, 4) is 5.75 Å². The van der Waals surface area contributed by atoms with Crippen LogP contribution in [0, 0.1) is 5.82 Å². The summed E-state index contributed by atoms with van der Waals surface area (Å²) in [6, 6.07) is 13.0. The fourth-order valence-electron chi connectivity index (χ4n) is 2.63. The molecule has 2 aromatic rings. The summed E-state index contributed by atoms with van der Waals surface area (Å²) in [5.41, 5.74) is 0.826. The van der Waals surface area contributed by atoms with Crippen LogP contribution in [0.5, 0.6) is 5.75 Å². The average Bonchev–Trinajstić information content (AvgIpc) is 2.63. The minimum atomic E-state index is -3.66. The van der Waals surface area contributed by atoms with E-state index in [1.54, 1.807) is 19.2 Å². The molecule has 146 valence electrons. The Hall–Kier alpha value is -2.61. The van der Waals surface area contributed by atoms with E-state index in [2.05, 4.69) is 5.32 Å². The van der Waals surface area contributed by atoms with Crippen LogP contribution in [0.1, 0.15) is 18.4 Å². The SMILES string of the molecule is COc1ccccc1CNC(=O)CCCN(c1ccccc1F)S(C)(=O)=O. The number of amides is 1. The lowest BCUT2D eigenvalue weighted by atomic mass is 10.2. The molecule has 8 heteroatoms. The van der Waals surface area contributed by atoms with Crippen molar-refractivity contribution in [2.75, 3.05) is 24.2 Å². The molecule has 0 aliphatic carbocycles. The molecular weight excluding hydrogens is 371 g/mol. The van der Waals surface area contributed by atoms with E-state index in [4.69, 9.17) is 4.74 Å². The number of benzene rings is 2. The summed E-state index contributed by atoms with van der Waals surface area (Å²) in [4.78, 5) is 12.1. The van der Waals surface area contributed by atoms with Crippen molar-refractivity contribution in [3.05, 3.63) is 59.9 Å². The summed E-state index contributed by atoms with van der Waals surface area (Å²) < 4.78 is 44.1. The molecule has 1 amide bonds.